The van der Waals surface area contributed by atoms with Crippen LogP contribution in [0.25, 0.3) is 10.8 Å². The predicted octanol–water partition coefficient (Wildman–Crippen LogP) is 5.73. The zero-order valence-corrected chi connectivity index (χ0v) is 23.9. The van der Waals surface area contributed by atoms with E-state index in [0.717, 1.165) is 56.6 Å². The van der Waals surface area contributed by atoms with Gasteiger partial charge in [0, 0.05) is 48.9 Å². The summed E-state index contributed by atoms with van der Waals surface area (Å²) in [6.45, 7) is 3.77. The predicted molar refractivity (Wildman–Crippen MR) is 154 cm³/mol. The van der Waals surface area contributed by atoms with Crippen LogP contribution in [0, 0.1) is 10.1 Å². The van der Waals surface area contributed by atoms with Gasteiger partial charge in [-0.05, 0) is 83.0 Å². The van der Waals surface area contributed by atoms with Crippen molar-refractivity contribution in [2.75, 3.05) is 44.0 Å². The summed E-state index contributed by atoms with van der Waals surface area (Å²) in [6.07, 6.45) is -1.00. The molecule has 5 rings (SSSR count). The molecule has 0 amide bonds. The molecule has 2 aromatic carbocycles. The van der Waals surface area contributed by atoms with Gasteiger partial charge in [0.05, 0.1) is 21.9 Å². The lowest BCUT2D eigenvalue weighted by molar-refractivity contribution is -0.385. The van der Waals surface area contributed by atoms with Gasteiger partial charge in [-0.1, -0.05) is 0 Å². The molecule has 0 spiro atoms. The van der Waals surface area contributed by atoms with Gasteiger partial charge in [0.25, 0.3) is 11.2 Å². The van der Waals surface area contributed by atoms with E-state index in [9.17, 15) is 28.1 Å². The summed E-state index contributed by atoms with van der Waals surface area (Å²) < 4.78 is 47.9. The minimum absolute atomic E-state index is 0.0695. The summed E-state index contributed by atoms with van der Waals surface area (Å²) >= 11 is 0. The first-order valence-corrected chi connectivity index (χ1v) is 14.1. The second-order valence-corrected chi connectivity index (χ2v) is 11.3. The van der Waals surface area contributed by atoms with E-state index in [1.54, 1.807) is 13.0 Å². The number of halogens is 3. The van der Waals surface area contributed by atoms with E-state index in [4.69, 9.17) is 4.74 Å². The van der Waals surface area contributed by atoms with Gasteiger partial charge in [0.15, 0.2) is 12.0 Å². The molecule has 0 bridgehead atoms. The number of nitrogens with zero attached hydrogens (tertiary/aromatic N) is 5. The summed E-state index contributed by atoms with van der Waals surface area (Å²) in [5.41, 5.74) is -1.10. The molecule has 3 aromatic rings. The smallest absolute Gasteiger partial charge is 0.371 e. The van der Waals surface area contributed by atoms with Crippen molar-refractivity contribution in [2.45, 2.75) is 63.5 Å². The molecule has 2 aliphatic rings. The van der Waals surface area contributed by atoms with Crippen LogP contribution in [-0.4, -0.2) is 59.4 Å². The number of nitrogens with one attached hydrogen (secondary N) is 1. The Morgan fingerprint density at radius 1 is 1.10 bits per heavy atom. The molecule has 13 heteroatoms. The third-order valence-corrected chi connectivity index (χ3v) is 8.22. The highest BCUT2D eigenvalue weighted by Gasteiger charge is 2.33. The molecule has 2 atom stereocenters. The summed E-state index contributed by atoms with van der Waals surface area (Å²) in [5.74, 6) is 0.288. The first kappa shape index (κ1) is 29.8. The van der Waals surface area contributed by atoms with Crippen molar-refractivity contribution in [3.05, 3.63) is 68.0 Å². The number of hydrogen-bond acceptors (Lipinski definition) is 8. The number of nitro groups is 1. The van der Waals surface area contributed by atoms with Gasteiger partial charge in [-0.3, -0.25) is 14.9 Å². The topological polar surface area (TPSA) is 106 Å². The number of aromatic nitrogens is 2. The number of benzene rings is 2. The highest BCUT2D eigenvalue weighted by Crippen LogP contribution is 2.36. The lowest BCUT2D eigenvalue weighted by Gasteiger charge is -2.36. The molecule has 0 saturated carbocycles. The molecule has 1 aromatic heterocycles. The number of rotatable bonds is 7. The van der Waals surface area contributed by atoms with E-state index in [-0.39, 0.29) is 16.9 Å². The zero-order valence-electron chi connectivity index (χ0n) is 23.9. The Hall–Kier alpha value is -3.71. The zero-order chi connectivity index (χ0) is 30.2. The maximum Gasteiger partial charge on any atom is 0.416 e. The average Bonchev–Trinajstić information content (AvgIpc) is 2.98. The van der Waals surface area contributed by atoms with Crippen LogP contribution in [0.2, 0.25) is 0 Å². The van der Waals surface area contributed by atoms with Crippen LogP contribution in [0.5, 0.6) is 0 Å². The third-order valence-electron chi connectivity index (χ3n) is 8.22. The number of piperidine rings is 1. The molecule has 2 aliphatic heterocycles. The van der Waals surface area contributed by atoms with Crippen LogP contribution in [0.3, 0.4) is 0 Å². The molecular weight excluding hydrogens is 553 g/mol. The van der Waals surface area contributed by atoms with E-state index >= 15 is 0 Å². The average molecular weight is 589 g/mol. The Morgan fingerprint density at radius 2 is 1.83 bits per heavy atom. The Balaban J connectivity index is 1.56. The van der Waals surface area contributed by atoms with Crippen LogP contribution in [-0.2, 0) is 10.9 Å². The standard InChI is InChI=1S/C29H35F3N6O4/c1-18(19-14-20(29(30,31)32)16-23(15-19)38(40)41)33-27-25-17-22(36-11-9-21(10-12-36)35(2)3)7-8-24(25)28(39)37(34-27)26-6-4-5-13-42-26/h7-8,14-18,21,26H,4-6,9-13H2,1-3H3,(H,33,34)/t18-,26?/m1/s1. The summed E-state index contributed by atoms with van der Waals surface area (Å²) in [4.78, 5) is 28.7. The van der Waals surface area contributed by atoms with Crippen LogP contribution in [0.1, 0.15) is 62.4 Å². The third kappa shape index (κ3) is 6.21. The summed E-state index contributed by atoms with van der Waals surface area (Å²) in [5, 5.41) is 20.1. The second-order valence-electron chi connectivity index (χ2n) is 11.3. The maximum absolute atomic E-state index is 13.6. The molecule has 1 N–H and O–H groups in total. The monoisotopic (exact) mass is 588 g/mol. The van der Waals surface area contributed by atoms with Gasteiger partial charge in [-0.2, -0.15) is 17.9 Å². The highest BCUT2D eigenvalue weighted by molar-refractivity contribution is 5.93. The van der Waals surface area contributed by atoms with Gasteiger partial charge < -0.3 is 19.9 Å². The van der Waals surface area contributed by atoms with Gasteiger partial charge in [-0.25, -0.2) is 0 Å². The van der Waals surface area contributed by atoms with E-state index < -0.39 is 34.6 Å². The van der Waals surface area contributed by atoms with Crippen molar-refractivity contribution in [3.8, 4) is 0 Å². The second kappa shape index (κ2) is 11.9. The fraction of sp³-hybridized carbons (Fsp3) is 0.517. The number of anilines is 2. The van der Waals surface area contributed by atoms with Crippen LogP contribution >= 0.6 is 0 Å². The van der Waals surface area contributed by atoms with Gasteiger partial charge in [0.1, 0.15) is 0 Å². The fourth-order valence-corrected chi connectivity index (χ4v) is 5.74. The minimum atomic E-state index is -4.76. The van der Waals surface area contributed by atoms with E-state index in [0.29, 0.717) is 35.9 Å². The molecule has 10 nitrogen and oxygen atoms in total. The summed E-state index contributed by atoms with van der Waals surface area (Å²) in [7, 11) is 4.14. The molecule has 2 saturated heterocycles. The molecule has 0 aliphatic carbocycles. The lowest BCUT2D eigenvalue weighted by atomic mass is 10.0. The number of nitro benzene ring substituents is 1. The molecule has 1 unspecified atom stereocenters. The number of fused-ring (bicyclic) bond motifs is 1. The molecular formula is C29H35F3N6O4. The first-order chi connectivity index (χ1) is 19.9. The lowest BCUT2D eigenvalue weighted by Crippen LogP contribution is -2.42. The van der Waals surface area contributed by atoms with Gasteiger partial charge in [-0.15, -0.1) is 5.10 Å². The normalized spacial score (nSPS) is 19.3. The van der Waals surface area contributed by atoms with Crippen LogP contribution in [0.4, 0.5) is 30.4 Å². The highest BCUT2D eigenvalue weighted by atomic mass is 19.4. The van der Waals surface area contributed by atoms with Gasteiger partial charge >= 0.3 is 6.18 Å². The number of ether oxygens (including phenoxy) is 1. The fourth-order valence-electron chi connectivity index (χ4n) is 5.74. The molecule has 2 fully saturated rings. The number of hydrogen-bond donors (Lipinski definition) is 1. The molecule has 0 radical (unpaired) electrons. The van der Waals surface area contributed by atoms with Crippen molar-refractivity contribution >= 4 is 28.0 Å². The van der Waals surface area contributed by atoms with Crippen molar-refractivity contribution in [3.63, 3.8) is 0 Å². The Labute approximate surface area is 241 Å². The quantitative estimate of drug-likeness (QED) is 0.276. The van der Waals surface area contributed by atoms with E-state index in [1.165, 1.54) is 4.68 Å². The van der Waals surface area contributed by atoms with Crippen molar-refractivity contribution in [1.29, 1.82) is 0 Å². The van der Waals surface area contributed by atoms with Crippen LogP contribution in [0.15, 0.2) is 41.2 Å². The number of non-ortho nitro benzene ring substituents is 1. The maximum atomic E-state index is 13.6. The Kier molecular flexibility index (Phi) is 8.42. The Morgan fingerprint density at radius 3 is 2.45 bits per heavy atom. The van der Waals surface area contributed by atoms with Gasteiger partial charge in [0.2, 0.25) is 0 Å². The number of alkyl halides is 3. The van der Waals surface area contributed by atoms with E-state index in [2.05, 4.69) is 34.3 Å². The largest absolute Gasteiger partial charge is 0.416 e. The summed E-state index contributed by atoms with van der Waals surface area (Å²) in [6, 6.07) is 7.78. The first-order valence-electron chi connectivity index (χ1n) is 14.1. The molecule has 3 heterocycles. The Bertz CT molecular complexity index is 1510. The van der Waals surface area contributed by atoms with Crippen molar-refractivity contribution in [2.24, 2.45) is 0 Å². The molecule has 42 heavy (non-hydrogen) atoms. The van der Waals surface area contributed by atoms with E-state index in [1.807, 2.05) is 12.1 Å². The SMILES string of the molecule is C[C@@H](Nc1nn(C2CCCCO2)c(=O)c2ccc(N3CCC(N(C)C)CC3)cc12)c1cc([N+](=O)[O-])cc(C(F)(F)F)c1. The minimum Gasteiger partial charge on any atom is -0.371 e. The van der Waals surface area contributed by atoms with Crippen molar-refractivity contribution < 1.29 is 22.8 Å². The molecule has 226 valence electrons. The van der Waals surface area contributed by atoms with Crippen molar-refractivity contribution in [1.82, 2.24) is 14.7 Å². The van der Waals surface area contributed by atoms with Crippen LogP contribution < -0.4 is 15.8 Å².